The summed E-state index contributed by atoms with van der Waals surface area (Å²) in [5.41, 5.74) is 1.64. The molecular weight excluding hydrogens is 246 g/mol. The summed E-state index contributed by atoms with van der Waals surface area (Å²) < 4.78 is 0. The number of nitrogens with zero attached hydrogens (tertiary/aromatic N) is 1. The fourth-order valence-electron chi connectivity index (χ4n) is 2.06. The Morgan fingerprint density at radius 2 is 2.11 bits per heavy atom. The minimum absolute atomic E-state index is 0.0329. The van der Waals surface area contributed by atoms with Gasteiger partial charge in [-0.3, -0.25) is 9.59 Å². The van der Waals surface area contributed by atoms with Crippen molar-refractivity contribution < 1.29 is 9.59 Å². The topological polar surface area (TPSA) is 37.4 Å². The van der Waals surface area contributed by atoms with Crippen LogP contribution in [0.1, 0.15) is 37.0 Å². The molecule has 1 unspecified atom stereocenters. The molecule has 1 aromatic carbocycles. The zero-order valence-corrected chi connectivity index (χ0v) is 11.7. The first-order valence-electron chi connectivity index (χ1n) is 6.20. The van der Waals surface area contributed by atoms with Gasteiger partial charge in [0.25, 0.3) is 0 Å². The van der Waals surface area contributed by atoms with Crippen molar-refractivity contribution in [2.45, 2.75) is 36.8 Å². The van der Waals surface area contributed by atoms with Gasteiger partial charge >= 0.3 is 0 Å². The van der Waals surface area contributed by atoms with Gasteiger partial charge in [-0.2, -0.15) is 0 Å². The number of rotatable bonds is 3. The van der Waals surface area contributed by atoms with Crippen LogP contribution in [0.25, 0.3) is 0 Å². The van der Waals surface area contributed by atoms with Crippen molar-refractivity contribution in [2.75, 3.05) is 11.9 Å². The van der Waals surface area contributed by atoms with E-state index in [1.807, 2.05) is 26.0 Å². The quantitative estimate of drug-likeness (QED) is 0.786. The Hall–Kier alpha value is -1.29. The molecule has 0 saturated carbocycles. The summed E-state index contributed by atoms with van der Waals surface area (Å²) in [5, 5.41) is -0.0329. The molecule has 0 saturated heterocycles. The molecule has 1 heterocycles. The molecule has 0 fully saturated rings. The lowest BCUT2D eigenvalue weighted by Gasteiger charge is -2.30. The van der Waals surface area contributed by atoms with Gasteiger partial charge in [-0.25, -0.2) is 0 Å². The average molecular weight is 263 g/mol. The molecule has 1 atom stereocenters. The first-order valence-corrected chi connectivity index (χ1v) is 7.07. The van der Waals surface area contributed by atoms with Gasteiger partial charge in [0.1, 0.15) is 0 Å². The minimum Gasteiger partial charge on any atom is -0.313 e. The molecule has 1 aromatic rings. The first-order chi connectivity index (χ1) is 8.58. The Morgan fingerprint density at radius 1 is 1.39 bits per heavy atom. The number of anilines is 1. The van der Waals surface area contributed by atoms with E-state index in [0.717, 1.165) is 22.6 Å². The zero-order valence-electron chi connectivity index (χ0n) is 10.9. The van der Waals surface area contributed by atoms with Crippen LogP contribution in [-0.4, -0.2) is 24.0 Å². The third-order valence-electron chi connectivity index (χ3n) is 3.21. The minimum atomic E-state index is -0.0329. The predicted octanol–water partition coefficient (Wildman–Crippen LogP) is 3.13. The van der Waals surface area contributed by atoms with Crippen LogP contribution in [0, 0.1) is 0 Å². The normalized spacial score (nSPS) is 18.7. The van der Waals surface area contributed by atoms with Crippen LogP contribution in [0.2, 0.25) is 0 Å². The number of amides is 1. The van der Waals surface area contributed by atoms with Crippen molar-refractivity contribution >= 4 is 29.1 Å². The molecule has 0 N–H and O–H groups in total. The SMILES string of the molecule is CCC(=O)c1ccc2c(c1)SC(CC)C(=O)N2C. The number of benzene rings is 1. The Kier molecular flexibility index (Phi) is 3.76. The van der Waals surface area contributed by atoms with E-state index >= 15 is 0 Å². The molecule has 18 heavy (non-hydrogen) atoms. The largest absolute Gasteiger partial charge is 0.313 e. The monoisotopic (exact) mass is 263 g/mol. The third kappa shape index (κ3) is 2.17. The summed E-state index contributed by atoms with van der Waals surface area (Å²) in [6.45, 7) is 3.87. The number of carbonyl (C=O) groups excluding carboxylic acids is 2. The van der Waals surface area contributed by atoms with E-state index in [9.17, 15) is 9.59 Å². The Labute approximate surface area is 112 Å². The van der Waals surface area contributed by atoms with Crippen molar-refractivity contribution in [3.63, 3.8) is 0 Å². The Balaban J connectivity index is 2.42. The second-order valence-corrected chi connectivity index (χ2v) is 5.62. The van der Waals surface area contributed by atoms with E-state index in [1.165, 1.54) is 0 Å². The van der Waals surface area contributed by atoms with Crippen LogP contribution in [-0.2, 0) is 4.79 Å². The number of fused-ring (bicyclic) bond motifs is 1. The average Bonchev–Trinajstić information content (AvgIpc) is 2.41. The molecule has 1 amide bonds. The standard InChI is InChI=1S/C14H17NO2S/c1-4-11(16)9-6-7-10-13(8-9)18-12(5-2)14(17)15(10)3/h6-8,12H,4-5H2,1-3H3. The summed E-state index contributed by atoms with van der Waals surface area (Å²) in [6.07, 6.45) is 1.31. The number of hydrogen-bond donors (Lipinski definition) is 0. The molecule has 0 spiro atoms. The highest BCUT2D eigenvalue weighted by atomic mass is 32.2. The van der Waals surface area contributed by atoms with Crippen LogP contribution < -0.4 is 4.90 Å². The maximum atomic E-state index is 12.0. The Bertz CT molecular complexity index is 499. The lowest BCUT2D eigenvalue weighted by molar-refractivity contribution is -0.118. The van der Waals surface area contributed by atoms with Crippen molar-refractivity contribution in [3.05, 3.63) is 23.8 Å². The number of ketones is 1. The molecule has 0 aromatic heterocycles. The van der Waals surface area contributed by atoms with Gasteiger partial charge in [-0.15, -0.1) is 11.8 Å². The third-order valence-corrected chi connectivity index (χ3v) is 4.61. The summed E-state index contributed by atoms with van der Waals surface area (Å²) >= 11 is 1.57. The highest BCUT2D eigenvalue weighted by Crippen LogP contribution is 2.40. The second-order valence-electron chi connectivity index (χ2n) is 4.37. The number of hydrogen-bond acceptors (Lipinski definition) is 3. The van der Waals surface area contributed by atoms with Gasteiger partial charge < -0.3 is 4.90 Å². The van der Waals surface area contributed by atoms with Crippen LogP contribution in [0.15, 0.2) is 23.1 Å². The highest BCUT2D eigenvalue weighted by molar-refractivity contribution is 8.01. The first kappa shape index (κ1) is 13.1. The molecule has 4 heteroatoms. The lowest BCUT2D eigenvalue weighted by Crippen LogP contribution is -2.37. The molecule has 0 aliphatic carbocycles. The molecule has 96 valence electrons. The second kappa shape index (κ2) is 5.14. The van der Waals surface area contributed by atoms with Crippen molar-refractivity contribution in [3.8, 4) is 0 Å². The molecular formula is C14H17NO2S. The predicted molar refractivity (Wildman–Crippen MR) is 74.4 cm³/mol. The number of carbonyl (C=O) groups is 2. The van der Waals surface area contributed by atoms with E-state index in [2.05, 4.69) is 0 Å². The molecule has 1 aliphatic rings. The van der Waals surface area contributed by atoms with Gasteiger partial charge in [0.15, 0.2) is 5.78 Å². The fraction of sp³-hybridized carbons (Fsp3) is 0.429. The number of thioether (sulfide) groups is 1. The van der Waals surface area contributed by atoms with Gasteiger partial charge in [0.2, 0.25) is 5.91 Å². The van der Waals surface area contributed by atoms with Gasteiger partial charge in [0, 0.05) is 23.9 Å². The van der Waals surface area contributed by atoms with Crippen LogP contribution in [0.3, 0.4) is 0 Å². The fourth-order valence-corrected chi connectivity index (χ4v) is 3.31. The number of Topliss-reactive ketones (excluding diaryl/α,β-unsaturated/α-hetero) is 1. The summed E-state index contributed by atoms with van der Waals surface area (Å²) in [5.74, 6) is 0.288. The van der Waals surface area contributed by atoms with E-state index in [-0.39, 0.29) is 16.9 Å². The van der Waals surface area contributed by atoms with Gasteiger partial charge in [-0.1, -0.05) is 13.8 Å². The van der Waals surface area contributed by atoms with Gasteiger partial charge in [-0.05, 0) is 24.6 Å². The summed E-state index contributed by atoms with van der Waals surface area (Å²) in [6, 6.07) is 5.59. The maximum Gasteiger partial charge on any atom is 0.240 e. The van der Waals surface area contributed by atoms with E-state index in [4.69, 9.17) is 0 Å². The Morgan fingerprint density at radius 3 is 2.72 bits per heavy atom. The van der Waals surface area contributed by atoms with E-state index < -0.39 is 0 Å². The molecule has 3 nitrogen and oxygen atoms in total. The van der Waals surface area contributed by atoms with Crippen molar-refractivity contribution in [2.24, 2.45) is 0 Å². The van der Waals surface area contributed by atoms with Crippen LogP contribution in [0.5, 0.6) is 0 Å². The summed E-state index contributed by atoms with van der Waals surface area (Å²) in [7, 11) is 1.80. The van der Waals surface area contributed by atoms with E-state index in [1.54, 1.807) is 29.8 Å². The molecule has 2 rings (SSSR count). The smallest absolute Gasteiger partial charge is 0.240 e. The zero-order chi connectivity index (χ0) is 13.3. The molecule has 0 bridgehead atoms. The highest BCUT2D eigenvalue weighted by Gasteiger charge is 2.30. The van der Waals surface area contributed by atoms with E-state index in [0.29, 0.717) is 6.42 Å². The summed E-state index contributed by atoms with van der Waals surface area (Å²) in [4.78, 5) is 26.5. The van der Waals surface area contributed by atoms with Gasteiger partial charge in [0.05, 0.1) is 10.9 Å². The lowest BCUT2D eigenvalue weighted by atomic mass is 10.1. The van der Waals surface area contributed by atoms with Crippen molar-refractivity contribution in [1.29, 1.82) is 0 Å². The maximum absolute atomic E-state index is 12.0. The van der Waals surface area contributed by atoms with Crippen LogP contribution >= 0.6 is 11.8 Å². The molecule has 1 aliphatic heterocycles. The van der Waals surface area contributed by atoms with Crippen molar-refractivity contribution in [1.82, 2.24) is 0 Å². The van der Waals surface area contributed by atoms with Crippen LogP contribution in [0.4, 0.5) is 5.69 Å². The molecule has 0 radical (unpaired) electrons.